The predicted molar refractivity (Wildman–Crippen MR) is 57.4 cm³/mol. The molecule has 86 valence electrons. The van der Waals surface area contributed by atoms with Crippen LogP contribution in [0.5, 0.6) is 5.75 Å². The molecular weight excluding hydrogens is 214 g/mol. The molecule has 0 aliphatic heterocycles. The van der Waals surface area contributed by atoms with Crippen molar-refractivity contribution in [1.29, 1.82) is 0 Å². The summed E-state index contributed by atoms with van der Waals surface area (Å²) in [7, 11) is -1.77. The minimum atomic E-state index is -1.77. The van der Waals surface area contributed by atoms with Crippen molar-refractivity contribution in [3.8, 4) is 5.75 Å². The van der Waals surface area contributed by atoms with E-state index in [1.165, 1.54) is 0 Å². The summed E-state index contributed by atoms with van der Waals surface area (Å²) in [4.78, 5) is 10.6. The summed E-state index contributed by atoms with van der Waals surface area (Å²) in [6, 6.07) is 2.23. The Bertz CT molecular complexity index is 393. The number of carbonyl (C=O) groups is 1. The molecule has 1 rings (SSSR count). The molecule has 0 aliphatic rings. The topological polar surface area (TPSA) is 66.8 Å². The molecule has 16 heavy (non-hydrogen) atoms. The van der Waals surface area contributed by atoms with Crippen molar-refractivity contribution in [3.05, 3.63) is 23.5 Å². The van der Waals surface area contributed by atoms with E-state index in [9.17, 15) is 9.18 Å². The Labute approximate surface area is 92.8 Å². The van der Waals surface area contributed by atoms with Crippen molar-refractivity contribution in [2.75, 3.05) is 0 Å². The van der Waals surface area contributed by atoms with Crippen molar-refractivity contribution in [2.24, 2.45) is 0 Å². The van der Waals surface area contributed by atoms with Gasteiger partial charge in [0.05, 0.1) is 11.7 Å². The van der Waals surface area contributed by atoms with Gasteiger partial charge in [0.2, 0.25) is 0 Å². The van der Waals surface area contributed by atoms with E-state index in [0.717, 1.165) is 12.1 Å². The van der Waals surface area contributed by atoms with Gasteiger partial charge in [-0.25, -0.2) is 4.39 Å². The summed E-state index contributed by atoms with van der Waals surface area (Å²) in [5.74, 6) is -0.962. The van der Waals surface area contributed by atoms with E-state index in [-0.39, 0.29) is 22.9 Å². The largest absolute Gasteiger partial charge is 0.488 e. The summed E-state index contributed by atoms with van der Waals surface area (Å²) in [6.45, 7) is 3.39. The Kier molecular flexibility index (Phi) is 4.03. The lowest BCUT2D eigenvalue weighted by Crippen LogP contribution is -2.31. The van der Waals surface area contributed by atoms with Crippen LogP contribution in [0.4, 0.5) is 4.39 Å². The first-order chi connectivity index (χ1) is 7.45. The van der Waals surface area contributed by atoms with Crippen LogP contribution < -0.4 is 10.2 Å². The zero-order chi connectivity index (χ0) is 12.3. The van der Waals surface area contributed by atoms with Crippen molar-refractivity contribution in [3.63, 3.8) is 0 Å². The van der Waals surface area contributed by atoms with Crippen LogP contribution in [0, 0.1) is 5.82 Å². The zero-order valence-electron chi connectivity index (χ0n) is 8.98. The van der Waals surface area contributed by atoms with Crippen molar-refractivity contribution >= 4 is 18.9 Å². The molecule has 0 atom stereocenters. The molecule has 0 fully saturated rings. The molecule has 0 aromatic heterocycles. The minimum Gasteiger partial charge on any atom is -0.488 e. The Morgan fingerprint density at radius 3 is 2.50 bits per heavy atom. The summed E-state index contributed by atoms with van der Waals surface area (Å²) in [6.07, 6.45) is 0.0223. The second-order valence-corrected chi connectivity index (χ2v) is 3.58. The van der Waals surface area contributed by atoms with Gasteiger partial charge >= 0.3 is 7.12 Å². The number of hydrogen-bond acceptors (Lipinski definition) is 4. The third-order valence-electron chi connectivity index (χ3n) is 1.88. The van der Waals surface area contributed by atoms with E-state index in [1.54, 1.807) is 13.8 Å². The quantitative estimate of drug-likeness (QED) is 0.564. The molecule has 1 aromatic carbocycles. The molecule has 0 aliphatic carbocycles. The van der Waals surface area contributed by atoms with Crippen LogP contribution in [-0.4, -0.2) is 29.6 Å². The van der Waals surface area contributed by atoms with Crippen LogP contribution in [0.25, 0.3) is 0 Å². The third kappa shape index (κ3) is 2.80. The highest BCUT2D eigenvalue weighted by atomic mass is 19.1. The Balaban J connectivity index is 3.24. The number of halogens is 1. The highest BCUT2D eigenvalue weighted by Crippen LogP contribution is 2.19. The molecule has 0 radical (unpaired) electrons. The number of rotatable bonds is 4. The molecular formula is C10H12BFO4. The van der Waals surface area contributed by atoms with Gasteiger partial charge in [0.15, 0.2) is 17.9 Å². The fourth-order valence-corrected chi connectivity index (χ4v) is 1.22. The van der Waals surface area contributed by atoms with E-state index in [0.29, 0.717) is 6.29 Å². The number of ether oxygens (including phenoxy) is 1. The fraction of sp³-hybridized carbons (Fsp3) is 0.300. The minimum absolute atomic E-state index is 0.0131. The van der Waals surface area contributed by atoms with E-state index < -0.39 is 12.9 Å². The van der Waals surface area contributed by atoms with Crippen LogP contribution in [-0.2, 0) is 0 Å². The van der Waals surface area contributed by atoms with E-state index >= 15 is 0 Å². The zero-order valence-corrected chi connectivity index (χ0v) is 8.98. The Morgan fingerprint density at radius 1 is 1.44 bits per heavy atom. The maximum Gasteiger partial charge on any atom is 0.488 e. The second kappa shape index (κ2) is 5.09. The van der Waals surface area contributed by atoms with Gasteiger partial charge in [-0.3, -0.25) is 4.79 Å². The van der Waals surface area contributed by atoms with Crippen LogP contribution in [0.3, 0.4) is 0 Å². The van der Waals surface area contributed by atoms with Gasteiger partial charge in [-0.1, -0.05) is 0 Å². The molecule has 0 bridgehead atoms. The molecule has 0 unspecified atom stereocenters. The first-order valence-corrected chi connectivity index (χ1v) is 4.77. The normalized spacial score (nSPS) is 10.4. The summed E-state index contributed by atoms with van der Waals surface area (Å²) in [5, 5.41) is 17.9. The summed E-state index contributed by atoms with van der Waals surface area (Å²) < 4.78 is 18.7. The molecule has 4 nitrogen and oxygen atoms in total. The molecule has 0 amide bonds. The van der Waals surface area contributed by atoms with Crippen LogP contribution in [0.15, 0.2) is 12.1 Å². The number of benzene rings is 1. The Hall–Kier alpha value is -1.40. The van der Waals surface area contributed by atoms with Gasteiger partial charge < -0.3 is 14.8 Å². The first-order valence-electron chi connectivity index (χ1n) is 4.77. The number of carbonyl (C=O) groups excluding carboxylic acids is 1. The molecule has 1 aromatic rings. The summed E-state index contributed by atoms with van der Waals surface area (Å²) >= 11 is 0. The third-order valence-corrected chi connectivity index (χ3v) is 1.88. The maximum absolute atomic E-state index is 13.6. The smallest absolute Gasteiger partial charge is 0.488 e. The van der Waals surface area contributed by atoms with Gasteiger partial charge in [0, 0.05) is 0 Å². The molecule has 2 N–H and O–H groups in total. The van der Waals surface area contributed by atoms with Crippen molar-refractivity contribution in [2.45, 2.75) is 20.0 Å². The lowest BCUT2D eigenvalue weighted by Gasteiger charge is -2.13. The lowest BCUT2D eigenvalue weighted by atomic mass is 9.79. The van der Waals surface area contributed by atoms with Crippen molar-refractivity contribution < 1.29 is 24.0 Å². The molecule has 0 spiro atoms. The van der Waals surface area contributed by atoms with E-state index in [4.69, 9.17) is 14.8 Å². The van der Waals surface area contributed by atoms with Gasteiger partial charge in [-0.05, 0) is 31.4 Å². The molecule has 6 heteroatoms. The fourth-order valence-electron chi connectivity index (χ4n) is 1.22. The highest BCUT2D eigenvalue weighted by Gasteiger charge is 2.18. The lowest BCUT2D eigenvalue weighted by molar-refractivity contribution is 0.111. The second-order valence-electron chi connectivity index (χ2n) is 3.58. The first kappa shape index (κ1) is 12.7. The van der Waals surface area contributed by atoms with Gasteiger partial charge in [0.1, 0.15) is 0 Å². The van der Waals surface area contributed by atoms with Gasteiger partial charge in [0.25, 0.3) is 0 Å². The molecule has 0 heterocycles. The van der Waals surface area contributed by atoms with E-state index in [2.05, 4.69) is 0 Å². The number of aldehydes is 1. The molecule has 0 saturated carbocycles. The van der Waals surface area contributed by atoms with Crippen molar-refractivity contribution in [1.82, 2.24) is 0 Å². The number of hydrogen-bond donors (Lipinski definition) is 2. The predicted octanol–water partition coefficient (Wildman–Crippen LogP) is 0.105. The van der Waals surface area contributed by atoms with Gasteiger partial charge in [-0.2, -0.15) is 0 Å². The average molecular weight is 226 g/mol. The monoisotopic (exact) mass is 226 g/mol. The van der Waals surface area contributed by atoms with Crippen LogP contribution in [0.1, 0.15) is 24.2 Å². The van der Waals surface area contributed by atoms with Crippen LogP contribution >= 0.6 is 0 Å². The van der Waals surface area contributed by atoms with Crippen LogP contribution in [0.2, 0.25) is 0 Å². The Morgan fingerprint density at radius 2 is 2.06 bits per heavy atom. The summed E-state index contributed by atoms with van der Waals surface area (Å²) in [5.41, 5.74) is -0.250. The standard InChI is InChI=1S/C10H12BFO4/c1-6(2)16-9-4-8(11(14)15)3-7(5-13)10(9)12/h3-6,14-15H,1-2H3. The SMILES string of the molecule is CC(C)Oc1cc(B(O)O)cc(C=O)c1F. The average Bonchev–Trinajstić information content (AvgIpc) is 2.20. The highest BCUT2D eigenvalue weighted by molar-refractivity contribution is 6.58. The maximum atomic E-state index is 13.6. The van der Waals surface area contributed by atoms with E-state index in [1.807, 2.05) is 0 Å². The van der Waals surface area contributed by atoms with Gasteiger partial charge in [-0.15, -0.1) is 0 Å². The molecule has 0 saturated heterocycles.